The van der Waals surface area contributed by atoms with Crippen molar-refractivity contribution in [2.75, 3.05) is 5.32 Å². The summed E-state index contributed by atoms with van der Waals surface area (Å²) in [5, 5.41) is 2.62. The van der Waals surface area contributed by atoms with Gasteiger partial charge in [-0.05, 0) is 30.3 Å². The first-order valence-corrected chi connectivity index (χ1v) is 6.52. The van der Waals surface area contributed by atoms with Crippen LogP contribution in [0.15, 0.2) is 42.5 Å². The van der Waals surface area contributed by atoms with E-state index in [1.165, 1.54) is 19.1 Å². The van der Waals surface area contributed by atoms with Gasteiger partial charge < -0.3 is 15.8 Å². The number of thiocarbonyl (C=S) groups is 1. The summed E-state index contributed by atoms with van der Waals surface area (Å²) in [7, 11) is 0. The van der Waals surface area contributed by atoms with E-state index >= 15 is 0 Å². The highest BCUT2D eigenvalue weighted by Crippen LogP contribution is 2.31. The highest BCUT2D eigenvalue weighted by Gasteiger charge is 2.10. The molecule has 1 amide bonds. The summed E-state index contributed by atoms with van der Waals surface area (Å²) in [5.41, 5.74) is 6.32. The van der Waals surface area contributed by atoms with E-state index in [1.807, 2.05) is 0 Å². The summed E-state index contributed by atoms with van der Waals surface area (Å²) < 4.78 is 19.5. The standard InChI is InChI=1S/C15H13FN2O2S/c1-9(19)18-12-4-2-3-5-14(12)20-13-7-6-10(15(17)21)8-11(13)16/h2-8H,1H3,(H2,17,21)(H,18,19). The van der Waals surface area contributed by atoms with Gasteiger partial charge in [0.15, 0.2) is 17.3 Å². The van der Waals surface area contributed by atoms with Gasteiger partial charge in [-0.3, -0.25) is 4.79 Å². The SMILES string of the molecule is CC(=O)Nc1ccccc1Oc1ccc(C(N)=S)cc1F. The van der Waals surface area contributed by atoms with Crippen LogP contribution in [0.1, 0.15) is 12.5 Å². The largest absolute Gasteiger partial charge is 0.452 e. The van der Waals surface area contributed by atoms with Crippen molar-refractivity contribution in [3.8, 4) is 11.5 Å². The number of halogens is 1. The molecule has 0 atom stereocenters. The maximum atomic E-state index is 14.0. The number of benzene rings is 2. The first-order valence-electron chi connectivity index (χ1n) is 6.11. The Bertz CT molecular complexity index is 704. The van der Waals surface area contributed by atoms with Gasteiger partial charge in [-0.15, -0.1) is 0 Å². The van der Waals surface area contributed by atoms with Crippen molar-refractivity contribution in [1.29, 1.82) is 0 Å². The molecule has 21 heavy (non-hydrogen) atoms. The summed E-state index contributed by atoms with van der Waals surface area (Å²) in [6.07, 6.45) is 0. The van der Waals surface area contributed by atoms with Crippen molar-refractivity contribution in [3.63, 3.8) is 0 Å². The lowest BCUT2D eigenvalue weighted by molar-refractivity contribution is -0.114. The van der Waals surface area contributed by atoms with Crippen molar-refractivity contribution in [1.82, 2.24) is 0 Å². The predicted octanol–water partition coefficient (Wildman–Crippen LogP) is 3.21. The lowest BCUT2D eigenvalue weighted by atomic mass is 10.2. The van der Waals surface area contributed by atoms with E-state index in [1.54, 1.807) is 30.3 Å². The second-order valence-corrected chi connectivity index (χ2v) is 4.73. The third-order valence-corrected chi connectivity index (χ3v) is 2.87. The van der Waals surface area contributed by atoms with Gasteiger partial charge in [0.05, 0.1) is 5.69 Å². The van der Waals surface area contributed by atoms with Crippen molar-refractivity contribution < 1.29 is 13.9 Å². The fourth-order valence-electron chi connectivity index (χ4n) is 1.70. The summed E-state index contributed by atoms with van der Waals surface area (Å²) in [6.45, 7) is 1.38. The minimum atomic E-state index is -0.585. The fourth-order valence-corrected chi connectivity index (χ4v) is 1.83. The molecule has 0 fully saturated rings. The molecular formula is C15H13FN2O2S. The first-order chi connectivity index (χ1) is 9.97. The second-order valence-electron chi connectivity index (χ2n) is 4.29. The molecule has 0 radical (unpaired) electrons. The Balaban J connectivity index is 2.30. The molecule has 0 aromatic heterocycles. The number of carbonyl (C=O) groups is 1. The normalized spacial score (nSPS) is 10.0. The van der Waals surface area contributed by atoms with E-state index in [0.717, 1.165) is 0 Å². The number of anilines is 1. The van der Waals surface area contributed by atoms with E-state index in [0.29, 0.717) is 17.0 Å². The molecule has 2 aromatic carbocycles. The number of nitrogens with two attached hydrogens (primary N) is 1. The minimum Gasteiger partial charge on any atom is -0.452 e. The van der Waals surface area contributed by atoms with Crippen molar-refractivity contribution in [2.24, 2.45) is 5.73 Å². The molecule has 0 saturated carbocycles. The number of amides is 1. The zero-order chi connectivity index (χ0) is 15.4. The molecule has 108 valence electrons. The molecule has 6 heteroatoms. The number of ether oxygens (including phenoxy) is 1. The van der Waals surface area contributed by atoms with Crippen LogP contribution in [0.2, 0.25) is 0 Å². The smallest absolute Gasteiger partial charge is 0.221 e. The van der Waals surface area contributed by atoms with Crippen LogP contribution in [0, 0.1) is 5.82 Å². The first kappa shape index (κ1) is 14.9. The number of para-hydroxylation sites is 2. The molecule has 4 nitrogen and oxygen atoms in total. The third-order valence-electron chi connectivity index (χ3n) is 2.63. The summed E-state index contributed by atoms with van der Waals surface area (Å²) >= 11 is 4.79. The van der Waals surface area contributed by atoms with Crippen LogP contribution < -0.4 is 15.8 Å². The molecule has 0 aliphatic heterocycles. The Labute approximate surface area is 126 Å². The second kappa shape index (κ2) is 6.32. The quantitative estimate of drug-likeness (QED) is 0.851. The lowest BCUT2D eigenvalue weighted by Crippen LogP contribution is -2.09. The van der Waals surface area contributed by atoms with Gasteiger partial charge in [-0.25, -0.2) is 4.39 Å². The van der Waals surface area contributed by atoms with Gasteiger partial charge in [0.2, 0.25) is 5.91 Å². The monoisotopic (exact) mass is 304 g/mol. The lowest BCUT2D eigenvalue weighted by Gasteiger charge is -2.12. The Morgan fingerprint density at radius 3 is 2.57 bits per heavy atom. The zero-order valence-electron chi connectivity index (χ0n) is 11.2. The summed E-state index contributed by atoms with van der Waals surface area (Å²) in [6, 6.07) is 11.0. The summed E-state index contributed by atoms with van der Waals surface area (Å²) in [4.78, 5) is 11.2. The zero-order valence-corrected chi connectivity index (χ0v) is 12.0. The Hall–Kier alpha value is -2.47. The van der Waals surface area contributed by atoms with Crippen LogP contribution in [-0.4, -0.2) is 10.9 Å². The van der Waals surface area contributed by atoms with E-state index < -0.39 is 5.82 Å². The number of nitrogens with one attached hydrogen (secondary N) is 1. The van der Waals surface area contributed by atoms with E-state index in [9.17, 15) is 9.18 Å². The fraction of sp³-hybridized carbons (Fsp3) is 0.0667. The highest BCUT2D eigenvalue weighted by molar-refractivity contribution is 7.80. The van der Waals surface area contributed by atoms with Crippen molar-refractivity contribution in [2.45, 2.75) is 6.92 Å². The van der Waals surface area contributed by atoms with E-state index in [4.69, 9.17) is 22.7 Å². The number of rotatable bonds is 4. The average molecular weight is 304 g/mol. The molecule has 0 spiro atoms. The van der Waals surface area contributed by atoms with Crippen LogP contribution in [0.25, 0.3) is 0 Å². The van der Waals surface area contributed by atoms with Crippen LogP contribution in [-0.2, 0) is 4.79 Å². The molecule has 0 unspecified atom stereocenters. The molecule has 3 N–H and O–H groups in total. The maximum Gasteiger partial charge on any atom is 0.221 e. The molecule has 0 heterocycles. The molecule has 0 aliphatic carbocycles. The topological polar surface area (TPSA) is 64.3 Å². The molecule has 0 aliphatic rings. The highest BCUT2D eigenvalue weighted by atomic mass is 32.1. The van der Waals surface area contributed by atoms with Crippen LogP contribution in [0.3, 0.4) is 0 Å². The Morgan fingerprint density at radius 1 is 1.24 bits per heavy atom. The van der Waals surface area contributed by atoms with Gasteiger partial charge >= 0.3 is 0 Å². The molecule has 0 bridgehead atoms. The predicted molar refractivity (Wildman–Crippen MR) is 83.1 cm³/mol. The summed E-state index contributed by atoms with van der Waals surface area (Å²) in [5.74, 6) is -0.462. The molecule has 2 aromatic rings. The molecule has 0 saturated heterocycles. The minimum absolute atomic E-state index is 0.0211. The van der Waals surface area contributed by atoms with Crippen molar-refractivity contribution in [3.05, 3.63) is 53.8 Å². The number of carbonyl (C=O) groups excluding carboxylic acids is 1. The average Bonchev–Trinajstić information content (AvgIpc) is 2.42. The number of hydrogen-bond donors (Lipinski definition) is 2. The van der Waals surface area contributed by atoms with Crippen LogP contribution >= 0.6 is 12.2 Å². The van der Waals surface area contributed by atoms with E-state index in [2.05, 4.69) is 5.32 Å². The molecule has 2 rings (SSSR count). The van der Waals surface area contributed by atoms with Gasteiger partial charge in [0, 0.05) is 12.5 Å². The van der Waals surface area contributed by atoms with Gasteiger partial charge in [0.1, 0.15) is 4.99 Å². The number of hydrogen-bond acceptors (Lipinski definition) is 3. The maximum absolute atomic E-state index is 14.0. The van der Waals surface area contributed by atoms with Gasteiger partial charge in [-0.1, -0.05) is 24.4 Å². The van der Waals surface area contributed by atoms with Gasteiger partial charge in [0.25, 0.3) is 0 Å². The van der Waals surface area contributed by atoms with Gasteiger partial charge in [-0.2, -0.15) is 0 Å². The van der Waals surface area contributed by atoms with E-state index in [-0.39, 0.29) is 16.6 Å². The van der Waals surface area contributed by atoms with Crippen LogP contribution in [0.4, 0.5) is 10.1 Å². The third kappa shape index (κ3) is 3.76. The Morgan fingerprint density at radius 2 is 1.95 bits per heavy atom. The Kier molecular flexibility index (Phi) is 4.49. The molecular weight excluding hydrogens is 291 g/mol. The van der Waals surface area contributed by atoms with Crippen LogP contribution in [0.5, 0.6) is 11.5 Å². The van der Waals surface area contributed by atoms with Crippen molar-refractivity contribution >= 4 is 28.8 Å².